The van der Waals surface area contributed by atoms with Crippen LogP contribution < -0.4 is 4.57 Å². The number of carbonyl (C=O) groups is 1. The van der Waals surface area contributed by atoms with Gasteiger partial charge in [-0.25, -0.2) is 0 Å². The van der Waals surface area contributed by atoms with Gasteiger partial charge in [0.2, 0.25) is 12.3 Å². The highest BCUT2D eigenvalue weighted by Gasteiger charge is 2.12. The minimum atomic E-state index is 0.0981. The first-order valence-corrected chi connectivity index (χ1v) is 7.56. The summed E-state index contributed by atoms with van der Waals surface area (Å²) in [4.78, 5) is 12.4. The topological polar surface area (TPSA) is 20.9 Å². The zero-order valence-corrected chi connectivity index (χ0v) is 12.9. The predicted octanol–water partition coefficient (Wildman–Crippen LogP) is 4.17. The minimum absolute atomic E-state index is 0.0981. The molecular weight excluding hydrogens is 282 g/mol. The number of Topliss-reactive ketones (excluding diaryl/α,β-unsaturated/α-hetero) is 1. The molecule has 3 rings (SSSR count). The van der Waals surface area contributed by atoms with Crippen molar-refractivity contribution in [1.82, 2.24) is 0 Å². The van der Waals surface area contributed by atoms with Crippen molar-refractivity contribution in [2.24, 2.45) is 0 Å². The molecule has 0 spiro atoms. The molecule has 0 unspecified atom stereocenters. The Bertz CT molecular complexity index is 803. The molecule has 0 saturated carbocycles. The summed E-state index contributed by atoms with van der Waals surface area (Å²) in [5, 5.41) is 0. The number of hydrogen-bond acceptors (Lipinski definition) is 1. The van der Waals surface area contributed by atoms with Crippen molar-refractivity contribution in [2.45, 2.75) is 6.54 Å². The van der Waals surface area contributed by atoms with Crippen LogP contribution in [0.1, 0.15) is 15.9 Å². The molecule has 23 heavy (non-hydrogen) atoms. The maximum atomic E-state index is 12.4. The van der Waals surface area contributed by atoms with Crippen molar-refractivity contribution in [1.29, 1.82) is 0 Å². The molecule has 1 heterocycles. The summed E-state index contributed by atoms with van der Waals surface area (Å²) in [5.41, 5.74) is 4.04. The summed E-state index contributed by atoms with van der Waals surface area (Å²) in [5.74, 6) is 0.0981. The zero-order valence-electron chi connectivity index (χ0n) is 12.9. The average Bonchev–Trinajstić information content (AvgIpc) is 2.63. The molecule has 112 valence electrons. The van der Waals surface area contributed by atoms with Gasteiger partial charge in [0, 0.05) is 17.7 Å². The number of benzene rings is 2. The van der Waals surface area contributed by atoms with Gasteiger partial charge in [0.05, 0.1) is 0 Å². The number of aromatic nitrogens is 1. The van der Waals surface area contributed by atoms with E-state index in [9.17, 15) is 4.79 Å². The lowest BCUT2D eigenvalue weighted by Gasteiger charge is -2.03. The molecule has 2 aromatic carbocycles. The largest absolute Gasteiger partial charge is 0.287 e. The highest BCUT2D eigenvalue weighted by Crippen LogP contribution is 2.19. The van der Waals surface area contributed by atoms with Crippen LogP contribution in [0.5, 0.6) is 0 Å². The first kappa shape index (κ1) is 14.9. The van der Waals surface area contributed by atoms with E-state index in [1.807, 2.05) is 71.6 Å². The smallest absolute Gasteiger partial charge is 0.227 e. The molecule has 0 amide bonds. The van der Waals surface area contributed by atoms with Crippen LogP contribution in [0.25, 0.3) is 17.2 Å². The molecule has 0 bridgehead atoms. The van der Waals surface area contributed by atoms with Crippen molar-refractivity contribution in [3.63, 3.8) is 0 Å². The molecule has 1 aromatic heterocycles. The van der Waals surface area contributed by atoms with Crippen molar-refractivity contribution < 1.29 is 9.36 Å². The first-order valence-electron chi connectivity index (χ1n) is 7.56. The second kappa shape index (κ2) is 6.84. The summed E-state index contributed by atoms with van der Waals surface area (Å²) >= 11 is 0. The van der Waals surface area contributed by atoms with Crippen LogP contribution >= 0.6 is 0 Å². The van der Waals surface area contributed by atoms with Gasteiger partial charge in [0.1, 0.15) is 0 Å². The van der Waals surface area contributed by atoms with Crippen LogP contribution in [0.15, 0.2) is 85.7 Å². The van der Waals surface area contributed by atoms with E-state index in [1.54, 1.807) is 6.08 Å². The Kier molecular flexibility index (Phi) is 4.44. The molecule has 0 aliphatic heterocycles. The fourth-order valence-corrected chi connectivity index (χ4v) is 2.45. The van der Waals surface area contributed by atoms with E-state index >= 15 is 0 Å². The highest BCUT2D eigenvalue weighted by molar-refractivity contribution is 5.95. The lowest BCUT2D eigenvalue weighted by atomic mass is 10.0. The number of rotatable bonds is 5. The number of carbonyl (C=O) groups excluding carboxylic acids is 1. The minimum Gasteiger partial charge on any atom is -0.287 e. The van der Waals surface area contributed by atoms with E-state index in [4.69, 9.17) is 0 Å². The normalized spacial score (nSPS) is 10.3. The molecule has 0 saturated heterocycles. The maximum absolute atomic E-state index is 12.4. The summed E-state index contributed by atoms with van der Waals surface area (Å²) in [6.07, 6.45) is 5.58. The molecule has 0 aliphatic rings. The molecule has 0 atom stereocenters. The monoisotopic (exact) mass is 300 g/mol. The zero-order chi connectivity index (χ0) is 16.1. The molecule has 0 N–H and O–H groups in total. The molecule has 3 aromatic rings. The van der Waals surface area contributed by atoms with Gasteiger partial charge in [0.15, 0.2) is 12.4 Å². The molecule has 2 heteroatoms. The first-order chi connectivity index (χ1) is 11.3. The molecular formula is C21H18NO+. The van der Waals surface area contributed by atoms with Gasteiger partial charge in [-0.15, -0.1) is 0 Å². The van der Waals surface area contributed by atoms with Gasteiger partial charge in [-0.1, -0.05) is 67.3 Å². The van der Waals surface area contributed by atoms with Gasteiger partial charge >= 0.3 is 0 Å². The van der Waals surface area contributed by atoms with Crippen molar-refractivity contribution in [3.05, 3.63) is 96.8 Å². The molecule has 0 fully saturated rings. The Morgan fingerprint density at radius 3 is 2.09 bits per heavy atom. The Morgan fingerprint density at radius 1 is 0.870 bits per heavy atom. The second-order valence-corrected chi connectivity index (χ2v) is 5.37. The third kappa shape index (κ3) is 3.61. The number of ketones is 1. The van der Waals surface area contributed by atoms with Crippen LogP contribution in [0, 0.1) is 0 Å². The van der Waals surface area contributed by atoms with Gasteiger partial charge in [0.25, 0.3) is 0 Å². The summed E-state index contributed by atoms with van der Waals surface area (Å²) in [6, 6.07) is 21.8. The number of hydrogen-bond donors (Lipinski definition) is 0. The number of pyridine rings is 1. The third-order valence-corrected chi connectivity index (χ3v) is 3.79. The third-order valence-electron chi connectivity index (χ3n) is 3.79. The van der Waals surface area contributed by atoms with E-state index in [1.165, 1.54) is 0 Å². The second-order valence-electron chi connectivity index (χ2n) is 5.37. The Morgan fingerprint density at radius 2 is 1.48 bits per heavy atom. The fraction of sp³-hybridized carbons (Fsp3) is 0.0476. The van der Waals surface area contributed by atoms with E-state index in [-0.39, 0.29) is 5.78 Å². The average molecular weight is 300 g/mol. The van der Waals surface area contributed by atoms with E-state index in [0.29, 0.717) is 6.54 Å². The SMILES string of the molecule is C=Cc1cc[n+](CC(=O)c2ccc(-c3ccccc3)cc2)cc1. The van der Waals surface area contributed by atoms with E-state index in [0.717, 1.165) is 22.3 Å². The summed E-state index contributed by atoms with van der Waals surface area (Å²) in [6.45, 7) is 4.06. The Labute approximate surface area is 136 Å². The van der Waals surface area contributed by atoms with Crippen LogP contribution in [0.2, 0.25) is 0 Å². The van der Waals surface area contributed by atoms with Crippen LogP contribution in [0.4, 0.5) is 0 Å². The van der Waals surface area contributed by atoms with Crippen LogP contribution in [-0.4, -0.2) is 5.78 Å². The van der Waals surface area contributed by atoms with Gasteiger partial charge in [-0.3, -0.25) is 4.79 Å². The van der Waals surface area contributed by atoms with E-state index < -0.39 is 0 Å². The molecule has 0 aliphatic carbocycles. The highest BCUT2D eigenvalue weighted by atomic mass is 16.1. The van der Waals surface area contributed by atoms with Crippen molar-refractivity contribution >= 4 is 11.9 Å². The Balaban J connectivity index is 1.73. The van der Waals surface area contributed by atoms with Crippen LogP contribution in [0.3, 0.4) is 0 Å². The summed E-state index contributed by atoms with van der Waals surface area (Å²) < 4.78 is 1.88. The quantitative estimate of drug-likeness (QED) is 0.512. The lowest BCUT2D eigenvalue weighted by Crippen LogP contribution is -2.37. The predicted molar refractivity (Wildman–Crippen MR) is 92.9 cm³/mol. The lowest BCUT2D eigenvalue weighted by molar-refractivity contribution is -0.683. The fourth-order valence-electron chi connectivity index (χ4n) is 2.45. The van der Waals surface area contributed by atoms with Crippen LogP contribution in [-0.2, 0) is 6.54 Å². The van der Waals surface area contributed by atoms with Gasteiger partial charge < -0.3 is 0 Å². The van der Waals surface area contributed by atoms with Crippen molar-refractivity contribution in [2.75, 3.05) is 0 Å². The maximum Gasteiger partial charge on any atom is 0.227 e. The van der Waals surface area contributed by atoms with Crippen molar-refractivity contribution in [3.8, 4) is 11.1 Å². The number of nitrogens with zero attached hydrogens (tertiary/aromatic N) is 1. The van der Waals surface area contributed by atoms with Gasteiger partial charge in [-0.05, 0) is 16.7 Å². The summed E-state index contributed by atoms with van der Waals surface area (Å²) in [7, 11) is 0. The standard InChI is InChI=1S/C21H18NO/c1-2-17-12-14-22(15-13-17)16-21(23)20-10-8-19(9-11-20)18-6-4-3-5-7-18/h2-15H,1,16H2/q+1. The molecule has 0 radical (unpaired) electrons. The van der Waals surface area contributed by atoms with E-state index in [2.05, 4.69) is 18.7 Å². The Hall–Kier alpha value is -3.00. The molecule has 2 nitrogen and oxygen atoms in total. The van der Waals surface area contributed by atoms with Gasteiger partial charge in [-0.2, -0.15) is 4.57 Å².